The van der Waals surface area contributed by atoms with Gasteiger partial charge in [0, 0.05) is 0 Å². The molecule has 0 aliphatic carbocycles. The first-order chi connectivity index (χ1) is 9.25. The van der Waals surface area contributed by atoms with Crippen LogP contribution in [0, 0.1) is 10.1 Å². The third-order valence-corrected chi connectivity index (χ3v) is 3.18. The van der Waals surface area contributed by atoms with Crippen molar-refractivity contribution in [3.05, 3.63) is 46.2 Å². The molecule has 3 aromatic rings. The second kappa shape index (κ2) is 4.58. The number of rotatable bonds is 3. The second-order valence-corrected chi connectivity index (χ2v) is 4.40. The summed E-state index contributed by atoms with van der Waals surface area (Å²) in [6.45, 7) is 0. The summed E-state index contributed by atoms with van der Waals surface area (Å²) < 4.78 is 5.49. The minimum absolute atomic E-state index is 0.0544. The number of hydrogen-bond acceptors (Lipinski definition) is 7. The van der Waals surface area contributed by atoms with Crippen LogP contribution in [0.4, 0.5) is 5.82 Å². The van der Waals surface area contributed by atoms with Gasteiger partial charge in [0.15, 0.2) is 0 Å². The summed E-state index contributed by atoms with van der Waals surface area (Å²) in [5.74, 6) is -0.00876. The van der Waals surface area contributed by atoms with E-state index in [-0.39, 0.29) is 17.4 Å². The number of thiophene rings is 1. The summed E-state index contributed by atoms with van der Waals surface area (Å²) in [7, 11) is 0. The summed E-state index contributed by atoms with van der Waals surface area (Å²) in [6, 6.07) is 4.84. The van der Waals surface area contributed by atoms with Crippen LogP contribution in [0.2, 0.25) is 0 Å². The van der Waals surface area contributed by atoms with Gasteiger partial charge in [-0.1, -0.05) is 0 Å². The fourth-order valence-corrected chi connectivity index (χ4v) is 2.28. The Balaban J connectivity index is 2.06. The van der Waals surface area contributed by atoms with E-state index in [9.17, 15) is 10.1 Å². The fraction of sp³-hybridized carbons (Fsp3) is 0. The van der Waals surface area contributed by atoms with Crippen LogP contribution in [0.15, 0.2) is 36.1 Å². The van der Waals surface area contributed by atoms with Gasteiger partial charge < -0.3 is 14.9 Å². The minimum atomic E-state index is -0.596. The van der Waals surface area contributed by atoms with E-state index < -0.39 is 4.92 Å². The highest BCUT2D eigenvalue weighted by Gasteiger charge is 2.18. The molecule has 0 spiro atoms. The molecule has 94 valence electrons. The number of ether oxygens (including phenoxy) is 1. The van der Waals surface area contributed by atoms with E-state index in [0.717, 1.165) is 4.83 Å². The van der Waals surface area contributed by atoms with Crippen molar-refractivity contribution in [1.82, 2.24) is 15.0 Å². The van der Waals surface area contributed by atoms with Crippen molar-refractivity contribution in [2.24, 2.45) is 0 Å². The van der Waals surface area contributed by atoms with Crippen LogP contribution >= 0.6 is 11.3 Å². The quantitative estimate of drug-likeness (QED) is 0.538. The van der Waals surface area contributed by atoms with Gasteiger partial charge in [0.2, 0.25) is 11.6 Å². The van der Waals surface area contributed by atoms with Gasteiger partial charge in [0.1, 0.15) is 17.4 Å². The summed E-state index contributed by atoms with van der Waals surface area (Å²) >= 11 is 1.44. The molecule has 0 saturated heterocycles. The third-order valence-electron chi connectivity index (χ3n) is 2.36. The van der Waals surface area contributed by atoms with Crippen LogP contribution in [-0.2, 0) is 0 Å². The normalized spacial score (nSPS) is 10.5. The maximum Gasteiger partial charge on any atom is 0.406 e. The van der Waals surface area contributed by atoms with Crippen molar-refractivity contribution in [3.63, 3.8) is 0 Å². The van der Waals surface area contributed by atoms with Gasteiger partial charge in [-0.2, -0.15) is 0 Å². The van der Waals surface area contributed by atoms with Crippen molar-refractivity contribution < 1.29 is 9.66 Å². The number of hydrogen-bond donors (Lipinski definition) is 0. The lowest BCUT2D eigenvalue weighted by Gasteiger charge is -2.04. The summed E-state index contributed by atoms with van der Waals surface area (Å²) in [5.41, 5.74) is 0. The minimum Gasteiger partial charge on any atom is -0.429 e. The second-order valence-electron chi connectivity index (χ2n) is 3.50. The molecule has 3 rings (SSSR count). The van der Waals surface area contributed by atoms with Gasteiger partial charge in [-0.3, -0.25) is 0 Å². The van der Waals surface area contributed by atoms with Crippen LogP contribution in [0.25, 0.3) is 10.2 Å². The van der Waals surface area contributed by atoms with Crippen LogP contribution in [-0.4, -0.2) is 19.9 Å². The molecule has 7 nitrogen and oxygen atoms in total. The van der Waals surface area contributed by atoms with Gasteiger partial charge in [-0.05, 0) is 33.5 Å². The molecule has 0 unspecified atom stereocenters. The lowest BCUT2D eigenvalue weighted by Crippen LogP contribution is -1.97. The Morgan fingerprint density at radius 1 is 1.26 bits per heavy atom. The van der Waals surface area contributed by atoms with E-state index in [1.54, 1.807) is 12.1 Å². The Kier molecular flexibility index (Phi) is 2.76. The summed E-state index contributed by atoms with van der Waals surface area (Å²) in [5, 5.41) is 13.4. The molecule has 3 aromatic heterocycles. The predicted molar refractivity (Wildman–Crippen MR) is 68.4 cm³/mol. The molecule has 0 aliphatic rings. The van der Waals surface area contributed by atoms with E-state index in [2.05, 4.69) is 15.0 Å². The molecule has 3 heterocycles. The maximum absolute atomic E-state index is 10.9. The van der Waals surface area contributed by atoms with E-state index in [1.807, 2.05) is 5.38 Å². The zero-order valence-corrected chi connectivity index (χ0v) is 10.2. The first-order valence-corrected chi connectivity index (χ1v) is 6.09. The molecule has 0 fully saturated rings. The van der Waals surface area contributed by atoms with E-state index in [1.165, 1.54) is 29.9 Å². The number of pyridine rings is 1. The van der Waals surface area contributed by atoms with E-state index in [4.69, 9.17) is 4.74 Å². The highest BCUT2D eigenvalue weighted by molar-refractivity contribution is 7.16. The van der Waals surface area contributed by atoms with Crippen LogP contribution < -0.4 is 4.74 Å². The Morgan fingerprint density at radius 2 is 2.16 bits per heavy atom. The first-order valence-electron chi connectivity index (χ1n) is 5.21. The predicted octanol–water partition coefficient (Wildman–Crippen LogP) is 2.79. The van der Waals surface area contributed by atoms with Gasteiger partial charge in [-0.25, -0.2) is 9.97 Å². The monoisotopic (exact) mass is 274 g/mol. The molecule has 0 N–H and O–H groups in total. The van der Waals surface area contributed by atoms with Gasteiger partial charge in [-0.15, -0.1) is 11.3 Å². The third kappa shape index (κ3) is 2.08. The van der Waals surface area contributed by atoms with E-state index in [0.29, 0.717) is 5.39 Å². The molecular formula is C11H6N4O3S. The molecule has 19 heavy (non-hydrogen) atoms. The number of fused-ring (bicyclic) bond motifs is 1. The van der Waals surface area contributed by atoms with Gasteiger partial charge in [0.05, 0.1) is 5.39 Å². The maximum atomic E-state index is 10.9. The summed E-state index contributed by atoms with van der Waals surface area (Å²) in [6.07, 6.45) is 2.70. The first kappa shape index (κ1) is 11.5. The zero-order valence-electron chi connectivity index (χ0n) is 9.39. The van der Waals surface area contributed by atoms with Crippen molar-refractivity contribution >= 4 is 27.4 Å². The number of nitrogens with zero attached hydrogens (tertiary/aromatic N) is 4. The smallest absolute Gasteiger partial charge is 0.406 e. The zero-order chi connectivity index (χ0) is 13.2. The van der Waals surface area contributed by atoms with Crippen LogP contribution in [0.5, 0.6) is 11.6 Å². The highest BCUT2D eigenvalue weighted by Crippen LogP contribution is 2.32. The van der Waals surface area contributed by atoms with E-state index >= 15 is 0 Å². The number of aromatic nitrogens is 3. The lowest BCUT2D eigenvalue weighted by molar-refractivity contribution is -0.390. The standard InChI is InChI=1S/C11H6N4O3S/c16-15(17)9-8(2-1-4-12-9)18-10-7-3-5-19-11(7)14-6-13-10/h1-6H. The SMILES string of the molecule is O=[N+]([O-])c1ncccc1Oc1ncnc2sccc12. The van der Waals surface area contributed by atoms with Crippen LogP contribution in [0.3, 0.4) is 0 Å². The number of nitro groups is 1. The van der Waals surface area contributed by atoms with Gasteiger partial charge >= 0.3 is 5.82 Å². The molecule has 0 radical (unpaired) electrons. The molecule has 0 saturated carbocycles. The molecule has 0 amide bonds. The highest BCUT2D eigenvalue weighted by atomic mass is 32.1. The summed E-state index contributed by atoms with van der Waals surface area (Å²) in [4.78, 5) is 22.8. The molecular weight excluding hydrogens is 268 g/mol. The Bertz CT molecular complexity index is 758. The van der Waals surface area contributed by atoms with Crippen molar-refractivity contribution in [2.45, 2.75) is 0 Å². The Morgan fingerprint density at radius 3 is 3.00 bits per heavy atom. The van der Waals surface area contributed by atoms with Crippen molar-refractivity contribution in [1.29, 1.82) is 0 Å². The topological polar surface area (TPSA) is 91.0 Å². The van der Waals surface area contributed by atoms with Gasteiger partial charge in [0.25, 0.3) is 0 Å². The largest absolute Gasteiger partial charge is 0.429 e. The Hall–Kier alpha value is -2.61. The molecule has 0 atom stereocenters. The lowest BCUT2D eigenvalue weighted by atomic mass is 10.4. The Labute approximate surface area is 110 Å². The van der Waals surface area contributed by atoms with Crippen molar-refractivity contribution in [2.75, 3.05) is 0 Å². The molecule has 0 aliphatic heterocycles. The van der Waals surface area contributed by atoms with Crippen molar-refractivity contribution in [3.8, 4) is 11.6 Å². The average molecular weight is 274 g/mol. The molecule has 0 bridgehead atoms. The fourth-order valence-electron chi connectivity index (χ4n) is 1.55. The molecule has 0 aromatic carbocycles. The average Bonchev–Trinajstić information content (AvgIpc) is 2.88. The molecule has 8 heteroatoms. The van der Waals surface area contributed by atoms with Crippen LogP contribution in [0.1, 0.15) is 0 Å².